The molecule has 70 valence electrons. The predicted molar refractivity (Wildman–Crippen MR) is 48.0 cm³/mol. The van der Waals surface area contributed by atoms with Crippen molar-refractivity contribution in [2.45, 2.75) is 12.0 Å². The van der Waals surface area contributed by atoms with Crippen LogP contribution >= 0.6 is 0 Å². The quantitative estimate of drug-likeness (QED) is 0.651. The van der Waals surface area contributed by atoms with Crippen molar-refractivity contribution in [1.82, 2.24) is 4.98 Å². The topological polar surface area (TPSA) is 68.4 Å². The van der Waals surface area contributed by atoms with E-state index in [0.29, 0.717) is 25.5 Å². The predicted octanol–water partition coefficient (Wildman–Crippen LogP) is 0.272. The van der Waals surface area contributed by atoms with E-state index in [-0.39, 0.29) is 0 Å². The highest BCUT2D eigenvalue weighted by Crippen LogP contribution is 2.30. The van der Waals surface area contributed by atoms with Crippen molar-refractivity contribution in [2.75, 3.05) is 18.9 Å². The Morgan fingerprint density at radius 2 is 2.46 bits per heavy atom. The smallest absolute Gasteiger partial charge is 0.123 e. The van der Waals surface area contributed by atoms with Crippen LogP contribution in [-0.2, 0) is 10.3 Å². The van der Waals surface area contributed by atoms with Gasteiger partial charge in [-0.25, -0.2) is 4.98 Å². The zero-order valence-corrected chi connectivity index (χ0v) is 7.23. The maximum Gasteiger partial charge on any atom is 0.123 e. The molecule has 1 atom stereocenters. The molecule has 3 N–H and O–H groups in total. The Morgan fingerprint density at radius 1 is 1.62 bits per heavy atom. The molecule has 0 saturated carbocycles. The molecule has 1 aliphatic rings. The van der Waals surface area contributed by atoms with Crippen LogP contribution in [0, 0.1) is 0 Å². The van der Waals surface area contributed by atoms with Crippen LogP contribution in [0.3, 0.4) is 0 Å². The minimum Gasteiger partial charge on any atom is -0.384 e. The van der Waals surface area contributed by atoms with E-state index in [2.05, 4.69) is 4.98 Å². The molecule has 0 amide bonds. The van der Waals surface area contributed by atoms with Gasteiger partial charge in [0.05, 0.1) is 6.61 Å². The maximum atomic E-state index is 10.1. The lowest BCUT2D eigenvalue weighted by atomic mass is 9.94. The molecule has 4 nitrogen and oxygen atoms in total. The number of pyridine rings is 1. The van der Waals surface area contributed by atoms with E-state index in [1.807, 2.05) is 0 Å². The highest BCUT2D eigenvalue weighted by molar-refractivity contribution is 5.35. The number of rotatable bonds is 1. The van der Waals surface area contributed by atoms with E-state index >= 15 is 0 Å². The van der Waals surface area contributed by atoms with Crippen LogP contribution in [0.4, 0.5) is 5.82 Å². The molecule has 0 bridgehead atoms. The molecule has 0 radical (unpaired) electrons. The van der Waals surface area contributed by atoms with Gasteiger partial charge in [0.1, 0.15) is 11.4 Å². The Bertz CT molecular complexity index is 308. The number of hydrogen-bond donors (Lipinski definition) is 2. The molecule has 0 spiro atoms. The molecule has 2 rings (SSSR count). The SMILES string of the molecule is Nc1cc(C2(O)CCOC2)ccn1. The second-order valence-electron chi connectivity index (χ2n) is 3.30. The van der Waals surface area contributed by atoms with Crippen LogP contribution < -0.4 is 5.73 Å². The van der Waals surface area contributed by atoms with Crippen molar-refractivity contribution in [1.29, 1.82) is 0 Å². The van der Waals surface area contributed by atoms with Gasteiger partial charge >= 0.3 is 0 Å². The van der Waals surface area contributed by atoms with Crippen molar-refractivity contribution in [3.05, 3.63) is 23.9 Å². The summed E-state index contributed by atoms with van der Waals surface area (Å²) < 4.78 is 5.14. The van der Waals surface area contributed by atoms with E-state index in [0.717, 1.165) is 5.56 Å². The van der Waals surface area contributed by atoms with Crippen molar-refractivity contribution in [2.24, 2.45) is 0 Å². The van der Waals surface area contributed by atoms with Crippen molar-refractivity contribution >= 4 is 5.82 Å². The van der Waals surface area contributed by atoms with Crippen molar-refractivity contribution in [3.63, 3.8) is 0 Å². The molecular weight excluding hydrogens is 168 g/mol. The minimum absolute atomic E-state index is 0.344. The Hall–Kier alpha value is -1.13. The Kier molecular flexibility index (Phi) is 1.94. The summed E-state index contributed by atoms with van der Waals surface area (Å²) in [6.07, 6.45) is 2.22. The van der Waals surface area contributed by atoms with Crippen LogP contribution in [0.1, 0.15) is 12.0 Å². The van der Waals surface area contributed by atoms with Crippen LogP contribution in [0.25, 0.3) is 0 Å². The van der Waals surface area contributed by atoms with Crippen LogP contribution in [0.15, 0.2) is 18.3 Å². The zero-order chi connectivity index (χ0) is 9.31. The first kappa shape index (κ1) is 8.47. The third kappa shape index (κ3) is 1.50. The summed E-state index contributed by atoms with van der Waals surface area (Å²) in [7, 11) is 0. The number of ether oxygens (including phenoxy) is 1. The molecule has 0 aliphatic carbocycles. The average molecular weight is 180 g/mol. The van der Waals surface area contributed by atoms with E-state index in [9.17, 15) is 5.11 Å². The van der Waals surface area contributed by atoms with Gasteiger partial charge in [-0.05, 0) is 17.7 Å². The van der Waals surface area contributed by atoms with Gasteiger partial charge < -0.3 is 15.6 Å². The molecule has 1 aromatic heterocycles. The van der Waals surface area contributed by atoms with Gasteiger partial charge in [-0.15, -0.1) is 0 Å². The first-order valence-electron chi connectivity index (χ1n) is 4.23. The average Bonchev–Trinajstić information content (AvgIpc) is 2.54. The molecule has 4 heteroatoms. The number of nitrogens with zero attached hydrogens (tertiary/aromatic N) is 1. The molecule has 1 fully saturated rings. The van der Waals surface area contributed by atoms with E-state index in [1.165, 1.54) is 0 Å². The highest BCUT2D eigenvalue weighted by atomic mass is 16.5. The monoisotopic (exact) mass is 180 g/mol. The lowest BCUT2D eigenvalue weighted by molar-refractivity contribution is 0.0232. The standard InChI is InChI=1S/C9H12N2O2/c10-8-5-7(1-3-11-8)9(12)2-4-13-6-9/h1,3,5,12H,2,4,6H2,(H2,10,11). The fraction of sp³-hybridized carbons (Fsp3) is 0.444. The van der Waals surface area contributed by atoms with E-state index in [4.69, 9.17) is 10.5 Å². The lowest BCUT2D eigenvalue weighted by Crippen LogP contribution is -2.25. The van der Waals surface area contributed by atoms with Gasteiger partial charge in [0.2, 0.25) is 0 Å². The van der Waals surface area contributed by atoms with Crippen molar-refractivity contribution < 1.29 is 9.84 Å². The molecule has 1 unspecified atom stereocenters. The largest absolute Gasteiger partial charge is 0.384 e. The summed E-state index contributed by atoms with van der Waals surface area (Å²) in [5.41, 5.74) is 5.45. The van der Waals surface area contributed by atoms with Gasteiger partial charge in [-0.3, -0.25) is 0 Å². The fourth-order valence-corrected chi connectivity index (χ4v) is 1.52. The van der Waals surface area contributed by atoms with Gasteiger partial charge in [-0.1, -0.05) is 0 Å². The molecule has 13 heavy (non-hydrogen) atoms. The number of hydrogen-bond acceptors (Lipinski definition) is 4. The van der Waals surface area contributed by atoms with Crippen LogP contribution in [0.2, 0.25) is 0 Å². The number of nitrogen functional groups attached to an aromatic ring is 1. The van der Waals surface area contributed by atoms with Crippen molar-refractivity contribution in [3.8, 4) is 0 Å². The lowest BCUT2D eigenvalue weighted by Gasteiger charge is -2.20. The molecule has 1 aliphatic heterocycles. The number of anilines is 1. The minimum atomic E-state index is -0.864. The second-order valence-corrected chi connectivity index (χ2v) is 3.30. The number of nitrogens with two attached hydrogens (primary N) is 1. The molecule has 1 saturated heterocycles. The maximum absolute atomic E-state index is 10.1. The molecule has 1 aromatic rings. The van der Waals surface area contributed by atoms with Gasteiger partial charge in [0.25, 0.3) is 0 Å². The Labute approximate surface area is 76.4 Å². The van der Waals surface area contributed by atoms with E-state index in [1.54, 1.807) is 18.3 Å². The summed E-state index contributed by atoms with van der Waals surface area (Å²) in [6.45, 7) is 0.940. The molecule has 0 aromatic carbocycles. The summed E-state index contributed by atoms with van der Waals surface area (Å²) in [6, 6.07) is 3.46. The Morgan fingerprint density at radius 3 is 3.08 bits per heavy atom. The third-order valence-electron chi connectivity index (χ3n) is 2.32. The van der Waals surface area contributed by atoms with Crippen LogP contribution in [-0.4, -0.2) is 23.3 Å². The zero-order valence-electron chi connectivity index (χ0n) is 7.23. The fourth-order valence-electron chi connectivity index (χ4n) is 1.52. The summed E-state index contributed by atoms with van der Waals surface area (Å²) in [5.74, 6) is 0.429. The molecular formula is C9H12N2O2. The van der Waals surface area contributed by atoms with E-state index < -0.39 is 5.60 Å². The summed E-state index contributed by atoms with van der Waals surface area (Å²) in [5, 5.41) is 10.1. The highest BCUT2D eigenvalue weighted by Gasteiger charge is 2.34. The van der Waals surface area contributed by atoms with Gasteiger partial charge in [-0.2, -0.15) is 0 Å². The first-order chi connectivity index (χ1) is 6.21. The normalized spacial score (nSPS) is 27.8. The first-order valence-corrected chi connectivity index (χ1v) is 4.23. The summed E-state index contributed by atoms with van der Waals surface area (Å²) in [4.78, 5) is 3.87. The third-order valence-corrected chi connectivity index (χ3v) is 2.32. The van der Waals surface area contributed by atoms with Gasteiger partial charge in [0.15, 0.2) is 0 Å². The number of aliphatic hydroxyl groups is 1. The molecule has 2 heterocycles. The number of aromatic nitrogens is 1. The Balaban J connectivity index is 2.33. The van der Waals surface area contributed by atoms with Crippen LogP contribution in [0.5, 0.6) is 0 Å². The second kappa shape index (κ2) is 2.97. The van der Waals surface area contributed by atoms with Gasteiger partial charge in [0, 0.05) is 19.2 Å². The summed E-state index contributed by atoms with van der Waals surface area (Å²) >= 11 is 0.